The lowest BCUT2D eigenvalue weighted by Crippen LogP contribution is -2.24. The van der Waals surface area contributed by atoms with Crippen LogP contribution in [0, 0.1) is 5.82 Å². The van der Waals surface area contributed by atoms with Crippen LogP contribution in [0.3, 0.4) is 0 Å². The number of rotatable bonds is 3. The predicted molar refractivity (Wildman–Crippen MR) is 64.4 cm³/mol. The van der Waals surface area contributed by atoms with E-state index in [-0.39, 0.29) is 10.6 Å². The minimum Gasteiger partial charge on any atom is -0.325 e. The molecule has 0 unspecified atom stereocenters. The summed E-state index contributed by atoms with van der Waals surface area (Å²) in [5.74, 6) is -0.806. The first-order chi connectivity index (χ1) is 7.71. The van der Waals surface area contributed by atoms with Gasteiger partial charge < -0.3 is 5.73 Å². The van der Waals surface area contributed by atoms with Gasteiger partial charge >= 0.3 is 0 Å². The second kappa shape index (κ2) is 3.93. The van der Waals surface area contributed by atoms with Crippen LogP contribution in [0.5, 0.6) is 0 Å². The van der Waals surface area contributed by atoms with Crippen molar-refractivity contribution in [3.8, 4) is 0 Å². The molecule has 3 nitrogen and oxygen atoms in total. The van der Waals surface area contributed by atoms with E-state index in [4.69, 9.17) is 17.3 Å². The molecule has 2 N–H and O–H groups in total. The molecule has 1 aliphatic rings. The van der Waals surface area contributed by atoms with Crippen LogP contribution >= 0.6 is 11.6 Å². The van der Waals surface area contributed by atoms with Crippen LogP contribution in [0.1, 0.15) is 18.4 Å². The van der Waals surface area contributed by atoms with E-state index in [2.05, 4.69) is 0 Å². The number of nitrogens with two attached hydrogens (primary N) is 1. The van der Waals surface area contributed by atoms with E-state index in [1.54, 1.807) is 0 Å². The Morgan fingerprint density at radius 2 is 2.06 bits per heavy atom. The van der Waals surface area contributed by atoms with Gasteiger partial charge in [0.2, 0.25) is 0 Å². The van der Waals surface area contributed by atoms with Crippen molar-refractivity contribution in [3.05, 3.63) is 28.5 Å². The molecule has 0 radical (unpaired) electrons. The van der Waals surface area contributed by atoms with Gasteiger partial charge in [-0.2, -0.15) is 0 Å². The Kier molecular flexibility index (Phi) is 2.96. The van der Waals surface area contributed by atoms with E-state index in [9.17, 15) is 12.8 Å². The number of halogens is 2. The highest BCUT2D eigenvalue weighted by Crippen LogP contribution is 2.37. The summed E-state index contributed by atoms with van der Waals surface area (Å²) in [4.78, 5) is -0.440. The first-order valence-electron chi connectivity index (χ1n) is 5.18. The normalized spacial score (nSPS) is 18.1. The van der Waals surface area contributed by atoms with E-state index in [0.29, 0.717) is 12.0 Å². The summed E-state index contributed by atoms with van der Waals surface area (Å²) in [7, 11) is -3.65. The van der Waals surface area contributed by atoms with E-state index < -0.39 is 20.5 Å². The first kappa shape index (κ1) is 12.8. The van der Waals surface area contributed by atoms with Crippen molar-refractivity contribution < 1.29 is 12.8 Å². The molecule has 1 aliphatic carbocycles. The highest BCUT2D eigenvalue weighted by Gasteiger charge is 2.38. The SMILES string of the molecule is CS(=O)(=O)c1c(F)cc(CC2(N)CC2)cc1Cl. The van der Waals surface area contributed by atoms with Gasteiger partial charge in [-0.25, -0.2) is 12.8 Å². The molecule has 6 heteroatoms. The number of hydrogen-bond acceptors (Lipinski definition) is 3. The molecule has 1 fully saturated rings. The zero-order chi connectivity index (χ0) is 12.8. The van der Waals surface area contributed by atoms with Gasteiger partial charge in [0.1, 0.15) is 10.7 Å². The third-order valence-corrected chi connectivity index (χ3v) is 4.44. The van der Waals surface area contributed by atoms with Gasteiger partial charge in [-0.3, -0.25) is 0 Å². The Hall–Kier alpha value is -0.650. The molecule has 1 aromatic carbocycles. The van der Waals surface area contributed by atoms with Gasteiger partial charge in [-0.1, -0.05) is 11.6 Å². The third kappa shape index (κ3) is 2.78. The van der Waals surface area contributed by atoms with Crippen LogP contribution in [0.15, 0.2) is 17.0 Å². The summed E-state index contributed by atoms with van der Waals surface area (Å²) in [5.41, 5.74) is 6.30. The van der Waals surface area contributed by atoms with Crippen LogP contribution in [0.25, 0.3) is 0 Å². The molecular formula is C11H13ClFNO2S. The van der Waals surface area contributed by atoms with Crippen molar-refractivity contribution in [2.24, 2.45) is 5.73 Å². The van der Waals surface area contributed by atoms with Gasteiger partial charge in [0, 0.05) is 11.8 Å². The van der Waals surface area contributed by atoms with Crippen molar-refractivity contribution in [3.63, 3.8) is 0 Å². The Balaban J connectivity index is 2.41. The lowest BCUT2D eigenvalue weighted by molar-refractivity contribution is 0.567. The maximum absolute atomic E-state index is 13.7. The minimum absolute atomic E-state index is 0.0771. The summed E-state index contributed by atoms with van der Waals surface area (Å²) < 4.78 is 36.4. The van der Waals surface area contributed by atoms with Crippen molar-refractivity contribution in [2.45, 2.75) is 29.7 Å². The van der Waals surface area contributed by atoms with Crippen molar-refractivity contribution in [1.82, 2.24) is 0 Å². The fourth-order valence-corrected chi connectivity index (χ4v) is 3.29. The fourth-order valence-electron chi connectivity index (χ4n) is 1.81. The van der Waals surface area contributed by atoms with Gasteiger partial charge in [-0.05, 0) is 37.0 Å². The summed E-state index contributed by atoms with van der Waals surface area (Å²) in [5, 5.41) is -0.0771. The second-order valence-corrected chi connectivity index (χ2v) is 7.06. The number of sulfone groups is 1. The van der Waals surface area contributed by atoms with E-state index in [0.717, 1.165) is 19.1 Å². The number of hydrogen-bond donors (Lipinski definition) is 1. The maximum Gasteiger partial charge on any atom is 0.179 e. The largest absolute Gasteiger partial charge is 0.325 e. The van der Waals surface area contributed by atoms with Crippen molar-refractivity contribution in [2.75, 3.05) is 6.26 Å². The van der Waals surface area contributed by atoms with Gasteiger partial charge in [-0.15, -0.1) is 0 Å². The molecule has 17 heavy (non-hydrogen) atoms. The molecule has 0 bridgehead atoms. The van der Waals surface area contributed by atoms with Gasteiger partial charge in [0.25, 0.3) is 0 Å². The summed E-state index contributed by atoms with van der Waals surface area (Å²) in [6, 6.07) is 2.68. The first-order valence-corrected chi connectivity index (χ1v) is 7.45. The maximum atomic E-state index is 13.7. The molecular weight excluding hydrogens is 265 g/mol. The lowest BCUT2D eigenvalue weighted by Gasteiger charge is -2.11. The van der Waals surface area contributed by atoms with Crippen LogP contribution in [-0.4, -0.2) is 20.2 Å². The Labute approximate surface area is 105 Å². The van der Waals surface area contributed by atoms with Crippen molar-refractivity contribution >= 4 is 21.4 Å². The van der Waals surface area contributed by atoms with Crippen LogP contribution in [-0.2, 0) is 16.3 Å². The predicted octanol–water partition coefficient (Wildman–Crippen LogP) is 1.92. The molecule has 0 heterocycles. The minimum atomic E-state index is -3.65. The zero-order valence-electron chi connectivity index (χ0n) is 9.33. The fraction of sp³-hybridized carbons (Fsp3) is 0.455. The molecule has 2 rings (SSSR count). The second-order valence-electron chi connectivity index (χ2n) is 4.70. The van der Waals surface area contributed by atoms with Crippen LogP contribution in [0.4, 0.5) is 4.39 Å². The van der Waals surface area contributed by atoms with E-state index >= 15 is 0 Å². The van der Waals surface area contributed by atoms with Gasteiger partial charge in [0.05, 0.1) is 5.02 Å². The molecule has 0 aliphatic heterocycles. The smallest absolute Gasteiger partial charge is 0.179 e. The third-order valence-electron chi connectivity index (χ3n) is 2.88. The van der Waals surface area contributed by atoms with Crippen LogP contribution < -0.4 is 5.73 Å². The molecule has 1 aromatic rings. The Morgan fingerprint density at radius 3 is 2.47 bits per heavy atom. The van der Waals surface area contributed by atoms with E-state index in [1.165, 1.54) is 12.1 Å². The topological polar surface area (TPSA) is 60.2 Å². The molecule has 94 valence electrons. The number of benzene rings is 1. The molecule has 0 saturated heterocycles. The average Bonchev–Trinajstić information content (AvgIpc) is 2.78. The molecule has 1 saturated carbocycles. The summed E-state index contributed by atoms with van der Waals surface area (Å²) in [6.45, 7) is 0. The monoisotopic (exact) mass is 277 g/mol. The lowest BCUT2D eigenvalue weighted by atomic mass is 10.1. The standard InChI is InChI=1S/C11H13ClFNO2S/c1-17(15,16)10-8(12)4-7(5-9(10)13)6-11(14)2-3-11/h4-5H,2-3,6,14H2,1H3. The summed E-state index contributed by atoms with van der Waals surface area (Å²) >= 11 is 5.81. The van der Waals surface area contributed by atoms with E-state index in [1.807, 2.05) is 0 Å². The van der Waals surface area contributed by atoms with Crippen molar-refractivity contribution in [1.29, 1.82) is 0 Å². The zero-order valence-corrected chi connectivity index (χ0v) is 10.9. The highest BCUT2D eigenvalue weighted by molar-refractivity contribution is 7.90. The molecule has 0 aromatic heterocycles. The Bertz CT molecular complexity index is 544. The molecule has 0 amide bonds. The van der Waals surface area contributed by atoms with Gasteiger partial charge in [0.15, 0.2) is 9.84 Å². The van der Waals surface area contributed by atoms with Crippen LogP contribution in [0.2, 0.25) is 5.02 Å². The Morgan fingerprint density at radius 1 is 1.47 bits per heavy atom. The quantitative estimate of drug-likeness (QED) is 0.918. The molecule has 0 atom stereocenters. The average molecular weight is 278 g/mol. The molecule has 0 spiro atoms. The summed E-state index contributed by atoms with van der Waals surface area (Å²) in [6.07, 6.45) is 3.26. The highest BCUT2D eigenvalue weighted by atomic mass is 35.5.